The molecule has 0 fully saturated rings. The molecule has 1 aromatic carbocycles. The highest BCUT2D eigenvalue weighted by atomic mass is 79.9. The molecule has 2 N–H and O–H groups in total. The maximum Gasteiger partial charge on any atom is 0.243 e. The number of sulfonamides is 1. The molecule has 1 rings (SSSR count). The highest BCUT2D eigenvalue weighted by Gasteiger charge is 2.25. The molecule has 18 heavy (non-hydrogen) atoms. The maximum atomic E-state index is 13.0. The van der Waals surface area contributed by atoms with E-state index in [1.54, 1.807) is 6.92 Å². The van der Waals surface area contributed by atoms with Gasteiger partial charge in [-0.15, -0.1) is 12.4 Å². The van der Waals surface area contributed by atoms with E-state index in [4.69, 9.17) is 5.73 Å². The summed E-state index contributed by atoms with van der Waals surface area (Å²) in [6.45, 7) is 1.92. The van der Waals surface area contributed by atoms with E-state index in [0.717, 1.165) is 6.07 Å². The van der Waals surface area contributed by atoms with Crippen LogP contribution in [-0.4, -0.2) is 32.4 Å². The molecule has 0 bridgehead atoms. The molecule has 0 spiro atoms. The van der Waals surface area contributed by atoms with Crippen molar-refractivity contribution in [3.63, 3.8) is 0 Å². The van der Waals surface area contributed by atoms with Gasteiger partial charge in [0, 0.05) is 19.6 Å². The molecule has 0 aromatic heterocycles. The minimum Gasteiger partial charge on any atom is -0.329 e. The molecule has 104 valence electrons. The van der Waals surface area contributed by atoms with Gasteiger partial charge < -0.3 is 5.73 Å². The van der Waals surface area contributed by atoms with Crippen molar-refractivity contribution in [1.29, 1.82) is 0 Å². The SMILES string of the molecule is CC(CN)N(C)S(=O)(=O)c1ccc(F)c(Br)c1.Cl. The van der Waals surface area contributed by atoms with E-state index in [1.807, 2.05) is 0 Å². The normalized spacial score (nSPS) is 13.2. The molecule has 1 unspecified atom stereocenters. The minimum atomic E-state index is -3.63. The summed E-state index contributed by atoms with van der Waals surface area (Å²) in [7, 11) is -2.18. The van der Waals surface area contributed by atoms with Gasteiger partial charge in [0.15, 0.2) is 0 Å². The Morgan fingerprint density at radius 2 is 2.06 bits per heavy atom. The second-order valence-corrected chi connectivity index (χ2v) is 6.53. The molecule has 0 aliphatic rings. The maximum absolute atomic E-state index is 13.0. The number of rotatable bonds is 4. The van der Waals surface area contributed by atoms with Gasteiger partial charge in [-0.05, 0) is 41.1 Å². The highest BCUT2D eigenvalue weighted by molar-refractivity contribution is 9.10. The smallest absolute Gasteiger partial charge is 0.243 e. The number of halogens is 3. The summed E-state index contributed by atoms with van der Waals surface area (Å²) in [5.41, 5.74) is 5.43. The zero-order valence-electron chi connectivity index (χ0n) is 9.93. The van der Waals surface area contributed by atoms with Crippen LogP contribution in [0.3, 0.4) is 0 Å². The molecule has 0 saturated heterocycles. The van der Waals surface area contributed by atoms with Gasteiger partial charge in [-0.25, -0.2) is 12.8 Å². The van der Waals surface area contributed by atoms with Gasteiger partial charge in [-0.2, -0.15) is 4.31 Å². The van der Waals surface area contributed by atoms with E-state index < -0.39 is 15.8 Å². The summed E-state index contributed by atoms with van der Waals surface area (Å²) < 4.78 is 38.6. The molecule has 1 aromatic rings. The van der Waals surface area contributed by atoms with Gasteiger partial charge in [-0.3, -0.25) is 0 Å². The largest absolute Gasteiger partial charge is 0.329 e. The van der Waals surface area contributed by atoms with Gasteiger partial charge >= 0.3 is 0 Å². The summed E-state index contributed by atoms with van der Waals surface area (Å²) in [4.78, 5) is 0.0357. The van der Waals surface area contributed by atoms with E-state index in [1.165, 1.54) is 23.5 Å². The van der Waals surface area contributed by atoms with Crippen molar-refractivity contribution in [2.75, 3.05) is 13.6 Å². The van der Waals surface area contributed by atoms with Gasteiger partial charge in [0.1, 0.15) is 5.82 Å². The average Bonchev–Trinajstić information content (AvgIpc) is 2.30. The van der Waals surface area contributed by atoms with Crippen LogP contribution in [0.15, 0.2) is 27.6 Å². The molecule has 0 aliphatic carbocycles. The van der Waals surface area contributed by atoms with E-state index in [2.05, 4.69) is 15.9 Å². The van der Waals surface area contributed by atoms with Crippen LogP contribution in [0.4, 0.5) is 4.39 Å². The molecule has 0 radical (unpaired) electrons. The van der Waals surface area contributed by atoms with Gasteiger partial charge in [0.05, 0.1) is 9.37 Å². The number of nitrogens with two attached hydrogens (primary N) is 1. The van der Waals surface area contributed by atoms with Crippen molar-refractivity contribution in [3.05, 3.63) is 28.5 Å². The number of hydrogen-bond acceptors (Lipinski definition) is 3. The first-order valence-electron chi connectivity index (χ1n) is 4.94. The van der Waals surface area contributed by atoms with E-state index in [9.17, 15) is 12.8 Å². The van der Waals surface area contributed by atoms with Crippen molar-refractivity contribution in [2.45, 2.75) is 17.9 Å². The molecule has 4 nitrogen and oxygen atoms in total. The van der Waals surface area contributed by atoms with Crippen LogP contribution in [0.1, 0.15) is 6.92 Å². The van der Waals surface area contributed by atoms with Crippen molar-refractivity contribution in [1.82, 2.24) is 4.31 Å². The quantitative estimate of drug-likeness (QED) is 0.892. The lowest BCUT2D eigenvalue weighted by Crippen LogP contribution is -2.39. The second kappa shape index (κ2) is 6.81. The Bertz CT molecular complexity index is 513. The Balaban J connectivity index is 0.00000289. The first-order chi connectivity index (χ1) is 7.80. The first-order valence-corrected chi connectivity index (χ1v) is 7.17. The number of nitrogens with zero attached hydrogens (tertiary/aromatic N) is 1. The third-order valence-corrected chi connectivity index (χ3v) is 5.11. The predicted molar refractivity (Wildman–Crippen MR) is 74.8 cm³/mol. The zero-order chi connectivity index (χ0) is 13.2. The van der Waals surface area contributed by atoms with Crippen LogP contribution in [0.2, 0.25) is 0 Å². The molecule has 0 heterocycles. The summed E-state index contributed by atoms with van der Waals surface area (Å²) >= 11 is 2.96. The van der Waals surface area contributed by atoms with Crippen LogP contribution in [0.25, 0.3) is 0 Å². The first kappa shape index (κ1) is 17.8. The zero-order valence-corrected chi connectivity index (χ0v) is 13.1. The molecular formula is C10H15BrClFN2O2S. The van der Waals surface area contributed by atoms with Crippen molar-refractivity contribution < 1.29 is 12.8 Å². The fourth-order valence-electron chi connectivity index (χ4n) is 1.19. The van der Waals surface area contributed by atoms with Crippen LogP contribution >= 0.6 is 28.3 Å². The molecule has 0 amide bonds. The fourth-order valence-corrected chi connectivity index (χ4v) is 3.12. The topological polar surface area (TPSA) is 63.4 Å². The molecular weight excluding hydrogens is 347 g/mol. The standard InChI is InChI=1S/C10H14BrFN2O2S.ClH/c1-7(6-13)14(2)17(15,16)8-3-4-10(12)9(11)5-8;/h3-5,7H,6,13H2,1-2H3;1H. The number of benzene rings is 1. The minimum absolute atomic E-state index is 0. The van der Waals surface area contributed by atoms with Gasteiger partial charge in [0.25, 0.3) is 0 Å². The van der Waals surface area contributed by atoms with Crippen LogP contribution in [0.5, 0.6) is 0 Å². The second-order valence-electron chi connectivity index (χ2n) is 3.68. The third kappa shape index (κ3) is 3.64. The summed E-state index contributed by atoms with van der Waals surface area (Å²) in [6, 6.07) is 3.26. The Morgan fingerprint density at radius 3 is 2.50 bits per heavy atom. The Hall–Kier alpha value is -0.210. The predicted octanol–water partition coefficient (Wildman–Crippen LogP) is 1.98. The van der Waals surface area contributed by atoms with Crippen LogP contribution < -0.4 is 5.73 Å². The monoisotopic (exact) mass is 360 g/mol. The van der Waals surface area contributed by atoms with E-state index in [-0.39, 0.29) is 34.4 Å². The van der Waals surface area contributed by atoms with Crippen molar-refractivity contribution in [3.8, 4) is 0 Å². The Labute approximate surface area is 121 Å². The molecule has 8 heteroatoms. The lowest BCUT2D eigenvalue weighted by molar-refractivity contribution is 0.394. The highest BCUT2D eigenvalue weighted by Crippen LogP contribution is 2.22. The fraction of sp³-hybridized carbons (Fsp3) is 0.400. The number of likely N-dealkylation sites (N-methyl/N-ethyl adjacent to an activating group) is 1. The lowest BCUT2D eigenvalue weighted by atomic mass is 10.3. The Kier molecular flexibility index (Phi) is 6.73. The van der Waals surface area contributed by atoms with Gasteiger partial charge in [0.2, 0.25) is 10.0 Å². The van der Waals surface area contributed by atoms with Crippen molar-refractivity contribution in [2.24, 2.45) is 5.73 Å². The van der Waals surface area contributed by atoms with Crippen molar-refractivity contribution >= 4 is 38.4 Å². The summed E-state index contributed by atoms with van der Waals surface area (Å²) in [6.07, 6.45) is 0. The molecule has 0 saturated carbocycles. The van der Waals surface area contributed by atoms with Crippen LogP contribution in [0, 0.1) is 5.82 Å². The molecule has 1 atom stereocenters. The summed E-state index contributed by atoms with van der Waals surface area (Å²) in [5.74, 6) is -0.501. The lowest BCUT2D eigenvalue weighted by Gasteiger charge is -2.23. The van der Waals surface area contributed by atoms with Gasteiger partial charge in [-0.1, -0.05) is 0 Å². The van der Waals surface area contributed by atoms with E-state index >= 15 is 0 Å². The van der Waals surface area contributed by atoms with Crippen LogP contribution in [-0.2, 0) is 10.0 Å². The Morgan fingerprint density at radius 1 is 1.50 bits per heavy atom. The van der Waals surface area contributed by atoms with E-state index in [0.29, 0.717) is 0 Å². The average molecular weight is 362 g/mol. The molecule has 0 aliphatic heterocycles. The number of hydrogen-bond donors (Lipinski definition) is 1. The third-order valence-electron chi connectivity index (χ3n) is 2.53. The summed E-state index contributed by atoms with van der Waals surface area (Å²) in [5, 5.41) is 0.